The Morgan fingerprint density at radius 3 is 2.76 bits per heavy atom. The number of nitrogens with one attached hydrogen (secondary N) is 1. The lowest BCUT2D eigenvalue weighted by Gasteiger charge is -2.06. The smallest absolute Gasteiger partial charge is 0.409 e. The molecule has 2 aromatic rings. The second kappa shape index (κ2) is 5.16. The van der Waals surface area contributed by atoms with E-state index in [0.717, 1.165) is 10.8 Å². The van der Waals surface area contributed by atoms with Gasteiger partial charge in [-0.15, -0.1) is 0 Å². The van der Waals surface area contributed by atoms with Crippen LogP contribution in [0, 0.1) is 0 Å². The Morgan fingerprint density at radius 1 is 1.18 bits per heavy atom. The quantitative estimate of drug-likeness (QED) is 0.853. The van der Waals surface area contributed by atoms with Crippen LogP contribution < -0.4 is 10.1 Å². The van der Waals surface area contributed by atoms with Gasteiger partial charge in [0.2, 0.25) is 0 Å². The molecular weight excluding hydrogens is 214 g/mol. The first-order valence-electron chi connectivity index (χ1n) is 5.38. The third-order valence-corrected chi connectivity index (χ3v) is 2.32. The van der Waals surface area contributed by atoms with Crippen LogP contribution in [-0.2, 0) is 0 Å². The fraction of sp³-hybridized carbons (Fsp3) is 0.0714. The van der Waals surface area contributed by atoms with Crippen LogP contribution in [0.3, 0.4) is 0 Å². The normalized spacial score (nSPS) is 10.6. The van der Waals surface area contributed by atoms with Gasteiger partial charge in [-0.3, -0.25) is 5.32 Å². The van der Waals surface area contributed by atoms with E-state index in [1.807, 2.05) is 43.3 Å². The molecule has 3 nitrogen and oxygen atoms in total. The fourth-order valence-corrected chi connectivity index (χ4v) is 1.57. The number of fused-ring (bicyclic) bond motifs is 1. The van der Waals surface area contributed by atoms with Gasteiger partial charge in [-0.05, 0) is 18.4 Å². The number of hydrogen-bond donors (Lipinski definition) is 1. The van der Waals surface area contributed by atoms with Crippen LogP contribution in [0.25, 0.3) is 10.8 Å². The van der Waals surface area contributed by atoms with Crippen LogP contribution in [0.1, 0.15) is 6.92 Å². The van der Waals surface area contributed by atoms with Gasteiger partial charge in [0.25, 0.3) is 0 Å². The molecule has 0 unspecified atom stereocenters. The minimum Gasteiger partial charge on any atom is -0.409 e. The van der Waals surface area contributed by atoms with Crippen LogP contribution in [0.4, 0.5) is 4.79 Å². The van der Waals surface area contributed by atoms with E-state index in [0.29, 0.717) is 5.75 Å². The van der Waals surface area contributed by atoms with Gasteiger partial charge in [-0.1, -0.05) is 42.5 Å². The molecule has 0 spiro atoms. The molecule has 0 aliphatic rings. The first-order chi connectivity index (χ1) is 8.31. The van der Waals surface area contributed by atoms with Crippen molar-refractivity contribution in [2.75, 3.05) is 0 Å². The van der Waals surface area contributed by atoms with Crippen molar-refractivity contribution in [2.24, 2.45) is 0 Å². The topological polar surface area (TPSA) is 38.3 Å². The third-order valence-electron chi connectivity index (χ3n) is 2.32. The van der Waals surface area contributed by atoms with Gasteiger partial charge in [-0.25, -0.2) is 4.79 Å². The minimum atomic E-state index is -0.487. The zero-order valence-corrected chi connectivity index (χ0v) is 9.51. The Labute approximate surface area is 99.7 Å². The van der Waals surface area contributed by atoms with Crippen LogP contribution in [0.5, 0.6) is 5.75 Å². The first kappa shape index (κ1) is 11.2. The maximum atomic E-state index is 11.4. The Bertz CT molecular complexity index is 556. The molecule has 17 heavy (non-hydrogen) atoms. The summed E-state index contributed by atoms with van der Waals surface area (Å²) in [6.07, 6.45) is 2.78. The van der Waals surface area contributed by atoms with Crippen molar-refractivity contribution < 1.29 is 9.53 Å². The van der Waals surface area contributed by atoms with Gasteiger partial charge in [0, 0.05) is 11.6 Å². The number of benzene rings is 2. The average molecular weight is 227 g/mol. The predicted molar refractivity (Wildman–Crippen MR) is 67.9 cm³/mol. The van der Waals surface area contributed by atoms with Gasteiger partial charge in [0.1, 0.15) is 5.75 Å². The van der Waals surface area contributed by atoms with E-state index in [4.69, 9.17) is 4.74 Å². The lowest BCUT2D eigenvalue weighted by atomic mass is 10.1. The Morgan fingerprint density at radius 2 is 1.94 bits per heavy atom. The van der Waals surface area contributed by atoms with Gasteiger partial charge in [0.05, 0.1) is 0 Å². The summed E-state index contributed by atoms with van der Waals surface area (Å²) in [6.45, 7) is 1.82. The number of carbonyl (C=O) groups is 1. The molecule has 2 rings (SSSR count). The highest BCUT2D eigenvalue weighted by Gasteiger charge is 2.05. The average Bonchev–Trinajstić information content (AvgIpc) is 2.37. The Hall–Kier alpha value is -2.29. The molecule has 0 radical (unpaired) electrons. The summed E-state index contributed by atoms with van der Waals surface area (Å²) in [5, 5.41) is 4.47. The summed E-state index contributed by atoms with van der Waals surface area (Å²) in [5.41, 5.74) is 0. The summed E-state index contributed by atoms with van der Waals surface area (Å²) in [5.74, 6) is 0.560. The maximum Gasteiger partial charge on any atom is 0.416 e. The van der Waals surface area contributed by atoms with Crippen molar-refractivity contribution in [3.63, 3.8) is 0 Å². The molecule has 1 N–H and O–H groups in total. The number of hydrogen-bond acceptors (Lipinski definition) is 2. The third kappa shape index (κ3) is 2.64. The van der Waals surface area contributed by atoms with Crippen LogP contribution in [-0.4, -0.2) is 6.09 Å². The first-order valence-corrected chi connectivity index (χ1v) is 5.38. The van der Waals surface area contributed by atoms with Gasteiger partial charge in [0.15, 0.2) is 0 Å². The molecule has 0 heterocycles. The molecule has 2 aromatic carbocycles. The second-order valence-electron chi connectivity index (χ2n) is 3.51. The summed E-state index contributed by atoms with van der Waals surface area (Å²) < 4.78 is 5.23. The Kier molecular flexibility index (Phi) is 3.40. The number of ether oxygens (including phenoxy) is 1. The summed E-state index contributed by atoms with van der Waals surface area (Å²) >= 11 is 0. The zero-order chi connectivity index (χ0) is 12.1. The molecule has 0 saturated heterocycles. The molecule has 0 bridgehead atoms. The molecule has 1 amide bonds. The molecular formula is C14H13NO2. The number of rotatable bonds is 2. The van der Waals surface area contributed by atoms with Crippen molar-refractivity contribution in [3.05, 3.63) is 54.7 Å². The predicted octanol–water partition coefficient (Wildman–Crippen LogP) is 3.46. The largest absolute Gasteiger partial charge is 0.416 e. The summed E-state index contributed by atoms with van der Waals surface area (Å²) in [4.78, 5) is 11.4. The molecule has 3 heteroatoms. The van der Waals surface area contributed by atoms with E-state index < -0.39 is 6.09 Å². The fourth-order valence-electron chi connectivity index (χ4n) is 1.57. The van der Waals surface area contributed by atoms with Crippen molar-refractivity contribution in [1.29, 1.82) is 0 Å². The van der Waals surface area contributed by atoms with Crippen LogP contribution in [0.15, 0.2) is 54.7 Å². The summed E-state index contributed by atoms with van der Waals surface area (Å²) in [7, 11) is 0. The lowest BCUT2D eigenvalue weighted by molar-refractivity contribution is 0.205. The lowest BCUT2D eigenvalue weighted by Crippen LogP contribution is -2.21. The van der Waals surface area contributed by atoms with Crippen LogP contribution >= 0.6 is 0 Å². The SMILES string of the molecule is CC=CNC(=O)Oc1cccc2ccccc12. The summed E-state index contributed by atoms with van der Waals surface area (Å²) in [6, 6.07) is 13.4. The highest BCUT2D eigenvalue weighted by molar-refractivity contribution is 5.90. The Balaban J connectivity index is 2.27. The van der Waals surface area contributed by atoms with Gasteiger partial charge in [-0.2, -0.15) is 0 Å². The van der Waals surface area contributed by atoms with Crippen LogP contribution in [0.2, 0.25) is 0 Å². The standard InChI is InChI=1S/C14H13NO2/c1-2-10-15-14(16)17-13-9-5-7-11-6-3-4-8-12(11)13/h2-10H,1H3,(H,15,16). The highest BCUT2D eigenvalue weighted by Crippen LogP contribution is 2.24. The molecule has 0 atom stereocenters. The van der Waals surface area contributed by atoms with E-state index >= 15 is 0 Å². The van der Waals surface area contributed by atoms with E-state index in [2.05, 4.69) is 5.32 Å². The second-order valence-corrected chi connectivity index (χ2v) is 3.51. The zero-order valence-electron chi connectivity index (χ0n) is 9.51. The minimum absolute atomic E-state index is 0.487. The van der Waals surface area contributed by atoms with Crippen molar-refractivity contribution in [3.8, 4) is 5.75 Å². The van der Waals surface area contributed by atoms with Crippen molar-refractivity contribution >= 4 is 16.9 Å². The molecule has 0 aromatic heterocycles. The number of allylic oxidation sites excluding steroid dienone is 1. The number of carbonyl (C=O) groups excluding carboxylic acids is 1. The van der Waals surface area contributed by atoms with E-state index in [-0.39, 0.29) is 0 Å². The molecule has 86 valence electrons. The molecule has 0 aliphatic carbocycles. The van der Waals surface area contributed by atoms with Crippen molar-refractivity contribution in [2.45, 2.75) is 6.92 Å². The monoisotopic (exact) mass is 227 g/mol. The molecule has 0 fully saturated rings. The highest BCUT2D eigenvalue weighted by atomic mass is 16.6. The molecule has 0 saturated carbocycles. The maximum absolute atomic E-state index is 11.4. The van der Waals surface area contributed by atoms with E-state index in [1.54, 1.807) is 12.1 Å². The van der Waals surface area contributed by atoms with Crippen molar-refractivity contribution in [1.82, 2.24) is 5.32 Å². The van der Waals surface area contributed by atoms with Gasteiger partial charge < -0.3 is 4.74 Å². The van der Waals surface area contributed by atoms with Gasteiger partial charge >= 0.3 is 6.09 Å². The number of amides is 1. The molecule has 0 aliphatic heterocycles. The van der Waals surface area contributed by atoms with E-state index in [1.165, 1.54) is 6.20 Å². The van der Waals surface area contributed by atoms with E-state index in [9.17, 15) is 4.79 Å².